The number of nitro groups is 1. The van der Waals surface area contributed by atoms with E-state index in [1.807, 2.05) is 0 Å². The summed E-state index contributed by atoms with van der Waals surface area (Å²) in [6.45, 7) is -0.607. The number of benzene rings is 2. The smallest absolute Gasteiger partial charge is 0.331 e. The van der Waals surface area contributed by atoms with Gasteiger partial charge in [0, 0.05) is 18.2 Å². The van der Waals surface area contributed by atoms with E-state index in [-0.39, 0.29) is 17.1 Å². The SMILES string of the molecule is COc1ccc([N+](=O)[O-])cc1NC(=O)COC(=O)/C=C/c1cc(OC)c(OC)c(OC)c1. The number of ether oxygens (including phenoxy) is 5. The zero-order chi connectivity index (χ0) is 23.7. The van der Waals surface area contributed by atoms with Crippen molar-refractivity contribution in [1.82, 2.24) is 0 Å². The highest BCUT2D eigenvalue weighted by Gasteiger charge is 2.15. The van der Waals surface area contributed by atoms with Crippen LogP contribution in [-0.4, -0.2) is 51.8 Å². The van der Waals surface area contributed by atoms with Crippen LogP contribution in [0.4, 0.5) is 11.4 Å². The lowest BCUT2D eigenvalue weighted by Crippen LogP contribution is -2.20. The molecule has 0 atom stereocenters. The number of non-ortho nitro benzene ring substituents is 1. The Morgan fingerprint density at radius 3 is 2.12 bits per heavy atom. The second kappa shape index (κ2) is 11.2. The molecule has 2 rings (SSSR count). The third kappa shape index (κ3) is 6.11. The van der Waals surface area contributed by atoms with Crippen LogP contribution in [0.2, 0.25) is 0 Å². The van der Waals surface area contributed by atoms with Gasteiger partial charge in [-0.25, -0.2) is 4.79 Å². The van der Waals surface area contributed by atoms with Gasteiger partial charge in [-0.1, -0.05) is 0 Å². The van der Waals surface area contributed by atoms with E-state index in [9.17, 15) is 19.7 Å². The summed E-state index contributed by atoms with van der Waals surface area (Å²) in [5, 5.41) is 13.3. The van der Waals surface area contributed by atoms with Gasteiger partial charge in [0.2, 0.25) is 5.75 Å². The Kier molecular flexibility index (Phi) is 8.40. The van der Waals surface area contributed by atoms with Crippen LogP contribution in [0.3, 0.4) is 0 Å². The van der Waals surface area contributed by atoms with E-state index in [0.29, 0.717) is 22.8 Å². The van der Waals surface area contributed by atoms with E-state index >= 15 is 0 Å². The summed E-state index contributed by atoms with van der Waals surface area (Å²) in [4.78, 5) is 34.4. The van der Waals surface area contributed by atoms with Gasteiger partial charge in [0.25, 0.3) is 11.6 Å². The maximum atomic E-state index is 12.1. The summed E-state index contributed by atoms with van der Waals surface area (Å²) < 4.78 is 25.7. The fourth-order valence-corrected chi connectivity index (χ4v) is 2.64. The number of nitrogens with one attached hydrogen (secondary N) is 1. The first-order chi connectivity index (χ1) is 15.3. The van der Waals surface area contributed by atoms with E-state index in [2.05, 4.69) is 5.32 Å². The van der Waals surface area contributed by atoms with Crippen LogP contribution in [-0.2, 0) is 14.3 Å². The first-order valence-corrected chi connectivity index (χ1v) is 9.10. The summed E-state index contributed by atoms with van der Waals surface area (Å²) in [6.07, 6.45) is 2.58. The van der Waals surface area contributed by atoms with Gasteiger partial charge in [-0.3, -0.25) is 14.9 Å². The number of rotatable bonds is 10. The molecule has 0 aliphatic heterocycles. The number of hydrogen-bond acceptors (Lipinski definition) is 9. The minimum Gasteiger partial charge on any atom is -0.495 e. The molecule has 11 heteroatoms. The minimum atomic E-state index is -0.778. The lowest BCUT2D eigenvalue weighted by atomic mass is 10.1. The first-order valence-electron chi connectivity index (χ1n) is 9.10. The summed E-state index contributed by atoms with van der Waals surface area (Å²) in [5.41, 5.74) is 0.421. The van der Waals surface area contributed by atoms with E-state index in [0.717, 1.165) is 12.1 Å². The maximum absolute atomic E-state index is 12.1. The normalized spacial score (nSPS) is 10.4. The van der Waals surface area contributed by atoms with Crippen molar-refractivity contribution in [2.75, 3.05) is 40.4 Å². The van der Waals surface area contributed by atoms with Crippen LogP contribution in [0.1, 0.15) is 5.56 Å². The number of esters is 1. The number of carbonyl (C=O) groups is 2. The monoisotopic (exact) mass is 446 g/mol. The van der Waals surface area contributed by atoms with Gasteiger partial charge < -0.3 is 29.0 Å². The zero-order valence-corrected chi connectivity index (χ0v) is 17.9. The van der Waals surface area contributed by atoms with Crippen molar-refractivity contribution < 1.29 is 38.2 Å². The Balaban J connectivity index is 2.01. The summed E-state index contributed by atoms with van der Waals surface area (Å²) in [7, 11) is 5.76. The van der Waals surface area contributed by atoms with Crippen molar-refractivity contribution in [2.45, 2.75) is 0 Å². The average Bonchev–Trinajstić information content (AvgIpc) is 2.80. The van der Waals surface area contributed by atoms with Gasteiger partial charge in [-0.05, 0) is 29.8 Å². The Labute approximate surface area is 183 Å². The highest BCUT2D eigenvalue weighted by Crippen LogP contribution is 2.38. The number of carbonyl (C=O) groups excluding carboxylic acids is 2. The van der Waals surface area contributed by atoms with Crippen molar-refractivity contribution in [3.8, 4) is 23.0 Å². The topological polar surface area (TPSA) is 135 Å². The Morgan fingerprint density at radius 2 is 1.59 bits per heavy atom. The highest BCUT2D eigenvalue weighted by molar-refractivity contribution is 5.96. The Bertz CT molecular complexity index is 1010. The van der Waals surface area contributed by atoms with Crippen molar-refractivity contribution in [2.24, 2.45) is 0 Å². The Hall–Kier alpha value is -4.28. The van der Waals surface area contributed by atoms with E-state index < -0.39 is 23.4 Å². The third-order valence-electron chi connectivity index (χ3n) is 4.11. The number of hydrogen-bond donors (Lipinski definition) is 1. The predicted octanol–water partition coefficient (Wildman–Crippen LogP) is 2.82. The molecule has 2 aromatic rings. The molecule has 0 radical (unpaired) electrons. The van der Waals surface area contributed by atoms with Crippen molar-refractivity contribution >= 4 is 29.3 Å². The second-order valence-corrected chi connectivity index (χ2v) is 6.09. The molecule has 0 saturated carbocycles. The van der Waals surface area contributed by atoms with E-state index in [1.54, 1.807) is 12.1 Å². The molecule has 0 aliphatic carbocycles. The van der Waals surface area contributed by atoms with Crippen LogP contribution >= 0.6 is 0 Å². The van der Waals surface area contributed by atoms with E-state index in [4.69, 9.17) is 23.7 Å². The van der Waals surface area contributed by atoms with Gasteiger partial charge >= 0.3 is 5.97 Å². The fraction of sp³-hybridized carbons (Fsp3) is 0.238. The number of methoxy groups -OCH3 is 4. The molecule has 32 heavy (non-hydrogen) atoms. The molecule has 0 unspecified atom stereocenters. The number of nitro benzene ring substituents is 1. The highest BCUT2D eigenvalue weighted by atomic mass is 16.6. The second-order valence-electron chi connectivity index (χ2n) is 6.09. The molecule has 11 nitrogen and oxygen atoms in total. The molecule has 0 spiro atoms. The van der Waals surface area contributed by atoms with Crippen molar-refractivity contribution in [3.05, 3.63) is 52.1 Å². The van der Waals surface area contributed by atoms with Gasteiger partial charge in [0.15, 0.2) is 18.1 Å². The van der Waals surface area contributed by atoms with Gasteiger partial charge in [0.05, 0.1) is 39.0 Å². The molecule has 0 aromatic heterocycles. The Morgan fingerprint density at radius 1 is 0.969 bits per heavy atom. The van der Waals surface area contributed by atoms with Crippen LogP contribution < -0.4 is 24.3 Å². The van der Waals surface area contributed by atoms with Crippen molar-refractivity contribution in [3.63, 3.8) is 0 Å². The molecule has 1 amide bonds. The quantitative estimate of drug-likeness (QED) is 0.253. The molecule has 1 N–H and O–H groups in total. The van der Waals surface area contributed by atoms with Crippen LogP contribution in [0.25, 0.3) is 6.08 Å². The molecular weight excluding hydrogens is 424 g/mol. The number of nitrogens with zero attached hydrogens (tertiary/aromatic N) is 1. The third-order valence-corrected chi connectivity index (χ3v) is 4.11. The molecule has 0 bridgehead atoms. The summed E-state index contributed by atoms with van der Waals surface area (Å²) in [6, 6.07) is 6.99. The molecule has 2 aromatic carbocycles. The maximum Gasteiger partial charge on any atom is 0.331 e. The standard InChI is InChI=1S/C21H22N2O9/c1-28-16-7-6-14(23(26)27)11-15(16)22-19(24)12-32-20(25)8-5-13-9-17(29-2)21(31-4)18(10-13)30-3/h5-11H,12H2,1-4H3,(H,22,24)/b8-5+. The number of amides is 1. The van der Waals surface area contributed by atoms with Crippen LogP contribution in [0, 0.1) is 10.1 Å². The summed E-state index contributed by atoms with van der Waals surface area (Å²) >= 11 is 0. The average molecular weight is 446 g/mol. The zero-order valence-electron chi connectivity index (χ0n) is 17.9. The molecule has 0 saturated heterocycles. The lowest BCUT2D eigenvalue weighted by molar-refractivity contribution is -0.384. The largest absolute Gasteiger partial charge is 0.495 e. The van der Waals surface area contributed by atoms with Gasteiger partial charge in [-0.2, -0.15) is 0 Å². The van der Waals surface area contributed by atoms with Crippen LogP contribution in [0.15, 0.2) is 36.4 Å². The molecule has 0 heterocycles. The van der Waals surface area contributed by atoms with Gasteiger partial charge in [0.1, 0.15) is 5.75 Å². The van der Waals surface area contributed by atoms with Gasteiger partial charge in [-0.15, -0.1) is 0 Å². The molecule has 0 fully saturated rings. The minimum absolute atomic E-state index is 0.0794. The fourth-order valence-electron chi connectivity index (χ4n) is 2.64. The summed E-state index contributed by atoms with van der Waals surface area (Å²) in [5.74, 6) is -0.0333. The van der Waals surface area contributed by atoms with E-state index in [1.165, 1.54) is 46.6 Å². The predicted molar refractivity (Wildman–Crippen MR) is 114 cm³/mol. The molecule has 170 valence electrons. The molecule has 0 aliphatic rings. The van der Waals surface area contributed by atoms with Crippen molar-refractivity contribution in [1.29, 1.82) is 0 Å². The van der Waals surface area contributed by atoms with Crippen LogP contribution in [0.5, 0.6) is 23.0 Å². The molecular formula is C21H22N2O9. The first kappa shape index (κ1) is 24.0. The number of anilines is 1. The lowest BCUT2D eigenvalue weighted by Gasteiger charge is -2.12.